The van der Waals surface area contributed by atoms with E-state index in [-0.39, 0.29) is 6.10 Å². The molecule has 2 N–H and O–H groups in total. The van der Waals surface area contributed by atoms with Crippen molar-refractivity contribution in [2.24, 2.45) is 4.99 Å². The van der Waals surface area contributed by atoms with Crippen molar-refractivity contribution < 1.29 is 17.9 Å². The number of morpholine rings is 1. The molecule has 2 aliphatic rings. The molecular weight excluding hydrogens is 369 g/mol. The van der Waals surface area contributed by atoms with Crippen molar-refractivity contribution in [1.29, 1.82) is 0 Å². The highest BCUT2D eigenvalue weighted by atomic mass is 19.4. The van der Waals surface area contributed by atoms with Crippen LogP contribution in [0, 0.1) is 0 Å². The van der Waals surface area contributed by atoms with E-state index in [0.717, 1.165) is 43.9 Å². The standard InChI is InChI=1S/C20H29F3N4O/c1-2-24-19(26-12-18-13-27-11-3-4-17(27)14-28-18)25-10-9-15-5-7-16(8-6-15)20(21,22)23/h5-8,17-18H,2-4,9-14H2,1H3,(H2,24,25,26). The minimum atomic E-state index is -4.29. The van der Waals surface area contributed by atoms with Crippen LogP contribution >= 0.6 is 0 Å². The van der Waals surface area contributed by atoms with E-state index in [4.69, 9.17) is 4.74 Å². The maximum absolute atomic E-state index is 12.6. The van der Waals surface area contributed by atoms with Crippen LogP contribution in [0.1, 0.15) is 30.9 Å². The minimum Gasteiger partial charge on any atom is -0.373 e. The molecule has 2 unspecified atom stereocenters. The quantitative estimate of drug-likeness (QED) is 0.572. The van der Waals surface area contributed by atoms with Crippen molar-refractivity contribution in [1.82, 2.24) is 15.5 Å². The molecule has 28 heavy (non-hydrogen) atoms. The number of hydrogen-bond acceptors (Lipinski definition) is 3. The fraction of sp³-hybridized carbons (Fsp3) is 0.650. The lowest BCUT2D eigenvalue weighted by molar-refractivity contribution is -0.137. The Kier molecular flexibility index (Phi) is 7.18. The summed E-state index contributed by atoms with van der Waals surface area (Å²) in [5.41, 5.74) is 0.235. The number of ether oxygens (including phenoxy) is 1. The first kappa shape index (κ1) is 20.9. The number of alkyl halides is 3. The number of benzene rings is 1. The molecule has 1 aromatic carbocycles. The predicted molar refractivity (Wildman–Crippen MR) is 103 cm³/mol. The van der Waals surface area contributed by atoms with E-state index in [2.05, 4.69) is 20.5 Å². The van der Waals surface area contributed by atoms with E-state index in [1.54, 1.807) is 0 Å². The van der Waals surface area contributed by atoms with Crippen LogP contribution in [-0.2, 0) is 17.3 Å². The van der Waals surface area contributed by atoms with Gasteiger partial charge in [-0.3, -0.25) is 9.89 Å². The molecule has 2 heterocycles. The third-order valence-corrected chi connectivity index (χ3v) is 5.25. The average Bonchev–Trinajstić information content (AvgIpc) is 3.13. The number of nitrogens with one attached hydrogen (secondary N) is 2. The summed E-state index contributed by atoms with van der Waals surface area (Å²) in [6.07, 6.45) is -1.09. The third kappa shape index (κ3) is 5.85. The summed E-state index contributed by atoms with van der Waals surface area (Å²) in [6, 6.07) is 5.88. The Balaban J connectivity index is 1.45. The second kappa shape index (κ2) is 9.60. The summed E-state index contributed by atoms with van der Waals surface area (Å²) < 4.78 is 43.8. The molecule has 8 heteroatoms. The monoisotopic (exact) mass is 398 g/mol. The van der Waals surface area contributed by atoms with Gasteiger partial charge in [-0.25, -0.2) is 0 Å². The van der Waals surface area contributed by atoms with Crippen LogP contribution in [-0.4, -0.2) is 62.3 Å². The van der Waals surface area contributed by atoms with E-state index >= 15 is 0 Å². The summed E-state index contributed by atoms with van der Waals surface area (Å²) in [6.45, 7) is 6.80. The summed E-state index contributed by atoms with van der Waals surface area (Å²) in [7, 11) is 0. The molecule has 2 atom stereocenters. The average molecular weight is 398 g/mol. The summed E-state index contributed by atoms with van der Waals surface area (Å²) in [4.78, 5) is 7.12. The fourth-order valence-electron chi connectivity index (χ4n) is 3.72. The van der Waals surface area contributed by atoms with Gasteiger partial charge < -0.3 is 15.4 Å². The van der Waals surface area contributed by atoms with Gasteiger partial charge in [-0.05, 0) is 50.4 Å². The van der Waals surface area contributed by atoms with Gasteiger partial charge in [-0.15, -0.1) is 0 Å². The molecule has 0 spiro atoms. The molecular formula is C20H29F3N4O. The van der Waals surface area contributed by atoms with Crippen molar-refractivity contribution >= 4 is 5.96 Å². The van der Waals surface area contributed by atoms with Crippen LogP contribution in [0.2, 0.25) is 0 Å². The van der Waals surface area contributed by atoms with Gasteiger partial charge in [0.1, 0.15) is 0 Å². The molecule has 2 fully saturated rings. The molecule has 5 nitrogen and oxygen atoms in total. The smallest absolute Gasteiger partial charge is 0.373 e. The van der Waals surface area contributed by atoms with Crippen LogP contribution in [0.3, 0.4) is 0 Å². The first-order chi connectivity index (χ1) is 13.5. The van der Waals surface area contributed by atoms with Gasteiger partial charge in [0, 0.05) is 25.7 Å². The topological polar surface area (TPSA) is 48.9 Å². The van der Waals surface area contributed by atoms with Crippen LogP contribution in [0.15, 0.2) is 29.3 Å². The summed E-state index contributed by atoms with van der Waals surface area (Å²) in [5.74, 6) is 0.710. The van der Waals surface area contributed by atoms with E-state index in [9.17, 15) is 13.2 Å². The molecule has 0 saturated carbocycles. The third-order valence-electron chi connectivity index (χ3n) is 5.25. The second-order valence-electron chi connectivity index (χ2n) is 7.34. The number of fused-ring (bicyclic) bond motifs is 1. The van der Waals surface area contributed by atoms with Crippen LogP contribution < -0.4 is 10.6 Å². The van der Waals surface area contributed by atoms with Gasteiger partial charge in [0.2, 0.25) is 0 Å². The van der Waals surface area contributed by atoms with Crippen molar-refractivity contribution in [2.45, 2.75) is 44.5 Å². The molecule has 0 aromatic heterocycles. The van der Waals surface area contributed by atoms with Crippen molar-refractivity contribution in [3.63, 3.8) is 0 Å². The van der Waals surface area contributed by atoms with Crippen molar-refractivity contribution in [3.8, 4) is 0 Å². The van der Waals surface area contributed by atoms with Gasteiger partial charge >= 0.3 is 6.18 Å². The highest BCUT2D eigenvalue weighted by molar-refractivity contribution is 5.79. The van der Waals surface area contributed by atoms with Crippen molar-refractivity contribution in [3.05, 3.63) is 35.4 Å². The first-order valence-corrected chi connectivity index (χ1v) is 9.99. The van der Waals surface area contributed by atoms with Gasteiger partial charge in [0.25, 0.3) is 0 Å². The molecule has 0 bridgehead atoms. The summed E-state index contributed by atoms with van der Waals surface area (Å²) in [5, 5.41) is 6.45. The van der Waals surface area contributed by atoms with E-state index in [0.29, 0.717) is 31.5 Å². The molecule has 2 saturated heterocycles. The van der Waals surface area contributed by atoms with Crippen LogP contribution in [0.25, 0.3) is 0 Å². The lowest BCUT2D eigenvalue weighted by atomic mass is 10.1. The van der Waals surface area contributed by atoms with E-state index in [1.165, 1.54) is 25.0 Å². The second-order valence-corrected chi connectivity index (χ2v) is 7.34. The molecule has 0 amide bonds. The van der Waals surface area contributed by atoms with Gasteiger partial charge in [0.15, 0.2) is 5.96 Å². The number of hydrogen-bond donors (Lipinski definition) is 2. The van der Waals surface area contributed by atoms with Gasteiger partial charge in [0.05, 0.1) is 24.8 Å². The minimum absolute atomic E-state index is 0.111. The molecule has 3 rings (SSSR count). The molecule has 0 aliphatic carbocycles. The van der Waals surface area contributed by atoms with E-state index < -0.39 is 11.7 Å². The molecule has 2 aliphatic heterocycles. The highest BCUT2D eigenvalue weighted by Gasteiger charge is 2.32. The number of aliphatic imine (C=N–C) groups is 1. The number of guanidine groups is 1. The largest absolute Gasteiger partial charge is 0.416 e. The number of halogens is 3. The molecule has 0 radical (unpaired) electrons. The Morgan fingerprint density at radius 2 is 2.04 bits per heavy atom. The predicted octanol–water partition coefficient (Wildman–Crippen LogP) is 2.67. The highest BCUT2D eigenvalue weighted by Crippen LogP contribution is 2.29. The zero-order chi connectivity index (χ0) is 20.0. The number of rotatable bonds is 6. The molecule has 1 aromatic rings. The normalized spacial score (nSPS) is 23.5. The zero-order valence-electron chi connectivity index (χ0n) is 16.3. The lowest BCUT2D eigenvalue weighted by Crippen LogP contribution is -2.47. The number of nitrogens with zero attached hydrogens (tertiary/aromatic N) is 2. The maximum Gasteiger partial charge on any atom is 0.416 e. The van der Waals surface area contributed by atoms with Crippen molar-refractivity contribution in [2.75, 3.05) is 39.3 Å². The zero-order valence-corrected chi connectivity index (χ0v) is 16.3. The Morgan fingerprint density at radius 3 is 2.75 bits per heavy atom. The van der Waals surface area contributed by atoms with Gasteiger partial charge in [-0.1, -0.05) is 12.1 Å². The van der Waals surface area contributed by atoms with Crippen LogP contribution in [0.4, 0.5) is 13.2 Å². The van der Waals surface area contributed by atoms with E-state index in [1.807, 2.05) is 6.92 Å². The molecule has 156 valence electrons. The fourth-order valence-corrected chi connectivity index (χ4v) is 3.72. The van der Waals surface area contributed by atoms with Crippen LogP contribution in [0.5, 0.6) is 0 Å². The Labute approximate surface area is 164 Å². The van der Waals surface area contributed by atoms with Gasteiger partial charge in [-0.2, -0.15) is 13.2 Å². The Bertz CT molecular complexity index is 648. The Morgan fingerprint density at radius 1 is 1.25 bits per heavy atom. The first-order valence-electron chi connectivity index (χ1n) is 9.99. The summed E-state index contributed by atoms with van der Waals surface area (Å²) >= 11 is 0. The SMILES string of the molecule is CCNC(=NCC1CN2CCCC2CO1)NCCc1ccc(C(F)(F)F)cc1. The Hall–Kier alpha value is -1.80. The lowest BCUT2D eigenvalue weighted by Gasteiger charge is -2.34. The maximum atomic E-state index is 12.6.